The molecule has 0 unspecified atom stereocenters. The zero-order valence-electron chi connectivity index (χ0n) is 15.2. The summed E-state index contributed by atoms with van der Waals surface area (Å²) in [6.07, 6.45) is 1.39. The largest absolute Gasteiger partial charge is 0.496 e. The van der Waals surface area contributed by atoms with Crippen LogP contribution in [-0.4, -0.2) is 36.3 Å². The molecule has 1 saturated heterocycles. The molecule has 8 heteroatoms. The van der Waals surface area contributed by atoms with Crippen LogP contribution in [-0.2, 0) is 27.4 Å². The maximum absolute atomic E-state index is 12.2. The van der Waals surface area contributed by atoms with Gasteiger partial charge >= 0.3 is 5.97 Å². The topological polar surface area (TPSA) is 85.8 Å². The summed E-state index contributed by atoms with van der Waals surface area (Å²) in [6, 6.07) is 5.01. The van der Waals surface area contributed by atoms with Crippen molar-refractivity contribution in [3.05, 3.63) is 40.4 Å². The van der Waals surface area contributed by atoms with Crippen molar-refractivity contribution in [1.82, 2.24) is 4.98 Å². The molecule has 142 valence electrons. The molecule has 2 heterocycles. The van der Waals surface area contributed by atoms with Crippen LogP contribution in [0.25, 0.3) is 0 Å². The lowest BCUT2D eigenvalue weighted by Crippen LogP contribution is -2.23. The van der Waals surface area contributed by atoms with Crippen molar-refractivity contribution in [3.8, 4) is 5.75 Å². The van der Waals surface area contributed by atoms with Gasteiger partial charge in [0.05, 0.1) is 19.2 Å². The molecule has 0 N–H and O–H groups in total. The summed E-state index contributed by atoms with van der Waals surface area (Å²) >= 11 is 1.35. The van der Waals surface area contributed by atoms with Crippen LogP contribution in [0.15, 0.2) is 23.6 Å². The first kappa shape index (κ1) is 19.0. The van der Waals surface area contributed by atoms with Crippen molar-refractivity contribution in [1.29, 1.82) is 0 Å². The van der Waals surface area contributed by atoms with Crippen molar-refractivity contribution >= 4 is 34.1 Å². The van der Waals surface area contributed by atoms with Crippen LogP contribution in [0.1, 0.15) is 41.4 Å². The van der Waals surface area contributed by atoms with Crippen molar-refractivity contribution < 1.29 is 23.9 Å². The standard InChI is InChI=1S/C19H20N2O5S/c1-12(22)13-5-6-16(25-2)14(8-13)10-26-18(24)9-15-11-27-19(20-15)21-7-3-4-17(21)23/h5-6,8,11H,3-4,7,9-10H2,1-2H3. The quantitative estimate of drug-likeness (QED) is 0.536. The Labute approximate surface area is 160 Å². The number of carbonyl (C=O) groups is 3. The molecule has 0 aliphatic carbocycles. The maximum atomic E-state index is 12.2. The molecule has 0 radical (unpaired) electrons. The molecule has 1 amide bonds. The van der Waals surface area contributed by atoms with Crippen molar-refractivity contribution in [2.45, 2.75) is 32.8 Å². The van der Waals surface area contributed by atoms with Crippen molar-refractivity contribution in [3.63, 3.8) is 0 Å². The Kier molecular flexibility index (Phi) is 5.85. The van der Waals surface area contributed by atoms with Crippen molar-refractivity contribution in [2.75, 3.05) is 18.6 Å². The van der Waals surface area contributed by atoms with E-state index in [4.69, 9.17) is 9.47 Å². The van der Waals surface area contributed by atoms with E-state index in [1.807, 2.05) is 0 Å². The van der Waals surface area contributed by atoms with Gasteiger partial charge in [0.25, 0.3) is 0 Å². The second kappa shape index (κ2) is 8.30. The first-order valence-corrected chi connectivity index (χ1v) is 9.44. The Morgan fingerprint density at radius 1 is 1.33 bits per heavy atom. The van der Waals surface area contributed by atoms with Gasteiger partial charge in [-0.3, -0.25) is 19.3 Å². The molecule has 1 aliphatic rings. The fourth-order valence-corrected chi connectivity index (χ4v) is 3.69. The maximum Gasteiger partial charge on any atom is 0.312 e. The predicted octanol–water partition coefficient (Wildman–Crippen LogP) is 2.77. The molecular formula is C19H20N2O5S. The molecular weight excluding hydrogens is 368 g/mol. The van der Waals surface area contributed by atoms with Crippen LogP contribution in [0, 0.1) is 0 Å². The van der Waals surface area contributed by atoms with Gasteiger partial charge in [0.1, 0.15) is 12.4 Å². The average Bonchev–Trinajstić information content (AvgIpc) is 3.28. The number of carbonyl (C=O) groups excluding carboxylic acids is 3. The number of anilines is 1. The molecule has 1 fully saturated rings. The number of Topliss-reactive ketones (excluding diaryl/α,β-unsaturated/α-hetero) is 1. The second-order valence-corrected chi connectivity index (χ2v) is 7.03. The number of nitrogens with zero attached hydrogens (tertiary/aromatic N) is 2. The minimum atomic E-state index is -0.435. The van der Waals surface area contributed by atoms with Crippen molar-refractivity contribution in [2.24, 2.45) is 0 Å². The number of rotatable bonds is 7. The third kappa shape index (κ3) is 4.51. The summed E-state index contributed by atoms with van der Waals surface area (Å²) < 4.78 is 10.6. The normalized spacial score (nSPS) is 13.7. The van der Waals surface area contributed by atoms with Gasteiger partial charge in [0, 0.05) is 29.5 Å². The number of esters is 1. The van der Waals surface area contributed by atoms with Crippen LogP contribution in [0.4, 0.5) is 5.13 Å². The van der Waals surface area contributed by atoms with E-state index >= 15 is 0 Å². The molecule has 27 heavy (non-hydrogen) atoms. The summed E-state index contributed by atoms with van der Waals surface area (Å²) in [5.41, 5.74) is 1.73. The second-order valence-electron chi connectivity index (χ2n) is 6.19. The number of hydrogen-bond acceptors (Lipinski definition) is 7. The average molecular weight is 388 g/mol. The molecule has 1 aromatic carbocycles. The van der Waals surface area contributed by atoms with Crippen LogP contribution in [0.5, 0.6) is 5.75 Å². The van der Waals surface area contributed by atoms with Gasteiger partial charge in [-0.25, -0.2) is 4.98 Å². The number of ether oxygens (including phenoxy) is 2. The lowest BCUT2D eigenvalue weighted by molar-refractivity contribution is -0.144. The number of ketones is 1. The minimum Gasteiger partial charge on any atom is -0.496 e. The highest BCUT2D eigenvalue weighted by Gasteiger charge is 2.24. The molecule has 2 aromatic rings. The number of methoxy groups -OCH3 is 1. The van der Waals surface area contributed by atoms with Crippen LogP contribution < -0.4 is 9.64 Å². The molecule has 1 aliphatic heterocycles. The number of hydrogen-bond donors (Lipinski definition) is 0. The van der Waals surface area contributed by atoms with Gasteiger partial charge in [0.2, 0.25) is 5.91 Å². The fourth-order valence-electron chi connectivity index (χ4n) is 2.82. The van der Waals surface area contributed by atoms with Crippen LogP contribution in [0.2, 0.25) is 0 Å². The monoisotopic (exact) mass is 388 g/mol. The van der Waals surface area contributed by atoms with E-state index in [-0.39, 0.29) is 24.7 Å². The lowest BCUT2D eigenvalue weighted by Gasteiger charge is -2.11. The lowest BCUT2D eigenvalue weighted by atomic mass is 10.1. The molecule has 1 aromatic heterocycles. The van der Waals surface area contributed by atoms with E-state index in [0.29, 0.717) is 40.7 Å². The Hall–Kier alpha value is -2.74. The minimum absolute atomic E-state index is 0.00469. The first-order chi connectivity index (χ1) is 13.0. The Bertz CT molecular complexity index is 877. The summed E-state index contributed by atoms with van der Waals surface area (Å²) in [7, 11) is 1.52. The van der Waals surface area contributed by atoms with E-state index in [0.717, 1.165) is 6.42 Å². The molecule has 3 rings (SSSR count). The zero-order chi connectivity index (χ0) is 19.4. The molecule has 7 nitrogen and oxygen atoms in total. The molecule has 0 saturated carbocycles. The predicted molar refractivity (Wildman–Crippen MR) is 100 cm³/mol. The highest BCUT2D eigenvalue weighted by Crippen LogP contribution is 2.26. The van der Waals surface area contributed by atoms with Crippen LogP contribution >= 0.6 is 11.3 Å². The van der Waals surface area contributed by atoms with Gasteiger partial charge in [0.15, 0.2) is 10.9 Å². The van der Waals surface area contributed by atoms with E-state index in [1.54, 1.807) is 28.5 Å². The first-order valence-electron chi connectivity index (χ1n) is 8.56. The summed E-state index contributed by atoms with van der Waals surface area (Å²) in [5.74, 6) is 0.110. The Morgan fingerprint density at radius 3 is 2.81 bits per heavy atom. The summed E-state index contributed by atoms with van der Waals surface area (Å²) in [5, 5.41) is 2.38. The van der Waals surface area contributed by atoms with E-state index in [9.17, 15) is 14.4 Å². The Balaban J connectivity index is 1.60. The van der Waals surface area contributed by atoms with Gasteiger partial charge in [-0.2, -0.15) is 0 Å². The van der Waals surface area contributed by atoms with Gasteiger partial charge in [-0.05, 0) is 31.5 Å². The number of thiazole rings is 1. The van der Waals surface area contributed by atoms with E-state index in [2.05, 4.69) is 4.98 Å². The smallest absolute Gasteiger partial charge is 0.312 e. The Morgan fingerprint density at radius 2 is 2.15 bits per heavy atom. The van der Waals surface area contributed by atoms with Gasteiger partial charge < -0.3 is 9.47 Å². The molecule has 0 spiro atoms. The third-order valence-corrected chi connectivity index (χ3v) is 5.16. The van der Waals surface area contributed by atoms with Gasteiger partial charge in [-0.1, -0.05) is 0 Å². The zero-order valence-corrected chi connectivity index (χ0v) is 16.0. The number of benzene rings is 1. The molecule has 0 atom stereocenters. The molecule has 0 bridgehead atoms. The summed E-state index contributed by atoms with van der Waals surface area (Å²) in [4.78, 5) is 41.5. The SMILES string of the molecule is COc1ccc(C(C)=O)cc1COC(=O)Cc1csc(N2CCCC2=O)n1. The number of amides is 1. The highest BCUT2D eigenvalue weighted by molar-refractivity contribution is 7.14. The van der Waals surface area contributed by atoms with E-state index in [1.165, 1.54) is 25.4 Å². The fraction of sp³-hybridized carbons (Fsp3) is 0.368. The summed E-state index contributed by atoms with van der Waals surface area (Å²) in [6.45, 7) is 2.15. The highest BCUT2D eigenvalue weighted by atomic mass is 32.1. The van der Waals surface area contributed by atoms with E-state index < -0.39 is 5.97 Å². The number of aromatic nitrogens is 1. The third-order valence-electron chi connectivity index (χ3n) is 4.24. The van der Waals surface area contributed by atoms with Crippen LogP contribution in [0.3, 0.4) is 0 Å². The van der Waals surface area contributed by atoms with Gasteiger partial charge in [-0.15, -0.1) is 11.3 Å².